The van der Waals surface area contributed by atoms with Crippen LogP contribution >= 0.6 is 0 Å². The van der Waals surface area contributed by atoms with Gasteiger partial charge >= 0.3 is 0 Å². The Morgan fingerprint density at radius 2 is 2.10 bits per heavy atom. The van der Waals surface area contributed by atoms with Gasteiger partial charge in [0.25, 0.3) is 0 Å². The van der Waals surface area contributed by atoms with Crippen LogP contribution in [0.25, 0.3) is 0 Å². The van der Waals surface area contributed by atoms with E-state index in [1.54, 1.807) is 13.8 Å². The van der Waals surface area contributed by atoms with Crippen LogP contribution in [0.4, 0.5) is 0 Å². The fourth-order valence-electron chi connectivity index (χ4n) is 2.95. The second kappa shape index (κ2) is 6.81. The Balaban J connectivity index is 3.07. The van der Waals surface area contributed by atoms with Gasteiger partial charge in [0, 0.05) is 13.5 Å². The number of allylic oxidation sites excluding steroid dienone is 1. The van der Waals surface area contributed by atoms with Gasteiger partial charge in [-0.1, -0.05) is 11.6 Å². The van der Waals surface area contributed by atoms with Crippen molar-refractivity contribution in [2.24, 2.45) is 5.92 Å². The van der Waals surface area contributed by atoms with Crippen molar-refractivity contribution in [2.75, 3.05) is 13.7 Å². The van der Waals surface area contributed by atoms with E-state index >= 15 is 0 Å². The first-order chi connectivity index (χ1) is 9.68. The summed E-state index contributed by atoms with van der Waals surface area (Å²) in [6.07, 6.45) is 1.83. The Morgan fingerprint density at radius 1 is 1.48 bits per heavy atom. The average Bonchev–Trinajstić information content (AvgIpc) is 2.40. The predicted octanol–water partition coefficient (Wildman–Crippen LogP) is 1.67. The van der Waals surface area contributed by atoms with Crippen molar-refractivity contribution in [3.63, 3.8) is 0 Å². The average molecular weight is 298 g/mol. The van der Waals surface area contributed by atoms with Crippen molar-refractivity contribution >= 4 is 12.1 Å². The number of hydrogen-bond acceptors (Lipinski definition) is 5. The van der Waals surface area contributed by atoms with Gasteiger partial charge in [-0.2, -0.15) is 0 Å². The fourth-order valence-corrected chi connectivity index (χ4v) is 2.95. The summed E-state index contributed by atoms with van der Waals surface area (Å²) in [6, 6.07) is 0. The monoisotopic (exact) mass is 298 g/mol. The highest BCUT2D eigenvalue weighted by atomic mass is 16.5. The standard InChI is InChI=1S/C16H26O5/c1-11(2)7-9-21-15(3,4)14-13(20-5)12(18)6-8-16(14,19)10-17/h7,10,13-14,19H,6,8-9H2,1-5H3/t13-,14-,16+/m1/s1. The molecule has 0 aliphatic heterocycles. The van der Waals surface area contributed by atoms with Gasteiger partial charge in [0.15, 0.2) is 12.1 Å². The molecule has 1 aliphatic carbocycles. The largest absolute Gasteiger partial charge is 0.382 e. The third kappa shape index (κ3) is 3.99. The molecule has 21 heavy (non-hydrogen) atoms. The number of carbonyl (C=O) groups is 2. The van der Waals surface area contributed by atoms with Crippen molar-refractivity contribution in [1.29, 1.82) is 0 Å². The van der Waals surface area contributed by atoms with E-state index in [1.807, 2.05) is 19.9 Å². The summed E-state index contributed by atoms with van der Waals surface area (Å²) >= 11 is 0. The summed E-state index contributed by atoms with van der Waals surface area (Å²) in [5.74, 6) is -0.841. The molecule has 0 saturated heterocycles. The van der Waals surface area contributed by atoms with Gasteiger partial charge in [-0.15, -0.1) is 0 Å². The van der Waals surface area contributed by atoms with E-state index in [2.05, 4.69) is 0 Å². The number of ether oxygens (including phenoxy) is 2. The van der Waals surface area contributed by atoms with Crippen LogP contribution in [0, 0.1) is 5.92 Å². The molecule has 0 amide bonds. The molecule has 0 spiro atoms. The molecule has 1 aliphatic rings. The maximum absolute atomic E-state index is 12.0. The minimum Gasteiger partial charge on any atom is -0.382 e. The van der Waals surface area contributed by atoms with Gasteiger partial charge < -0.3 is 19.4 Å². The number of hydrogen-bond donors (Lipinski definition) is 1. The van der Waals surface area contributed by atoms with Gasteiger partial charge in [-0.05, 0) is 34.1 Å². The lowest BCUT2D eigenvalue weighted by atomic mass is 9.66. The van der Waals surface area contributed by atoms with E-state index in [1.165, 1.54) is 7.11 Å². The number of rotatable bonds is 6. The maximum Gasteiger partial charge on any atom is 0.162 e. The first-order valence-corrected chi connectivity index (χ1v) is 7.19. The molecule has 1 saturated carbocycles. The molecule has 0 aromatic heterocycles. The van der Waals surface area contributed by atoms with Crippen LogP contribution in [-0.4, -0.2) is 48.2 Å². The van der Waals surface area contributed by atoms with E-state index in [9.17, 15) is 14.7 Å². The molecule has 5 nitrogen and oxygen atoms in total. The minimum absolute atomic E-state index is 0.104. The van der Waals surface area contributed by atoms with Gasteiger partial charge in [0.1, 0.15) is 11.7 Å². The summed E-state index contributed by atoms with van der Waals surface area (Å²) in [7, 11) is 1.41. The number of aliphatic hydroxyl groups is 1. The Hall–Kier alpha value is -1.04. The first-order valence-electron chi connectivity index (χ1n) is 7.19. The second-order valence-corrected chi connectivity index (χ2v) is 6.41. The predicted molar refractivity (Wildman–Crippen MR) is 79.0 cm³/mol. The Kier molecular flexibility index (Phi) is 5.84. The normalized spacial score (nSPS) is 30.1. The van der Waals surface area contributed by atoms with Gasteiger partial charge in [0.2, 0.25) is 0 Å². The van der Waals surface area contributed by atoms with Crippen LogP contribution < -0.4 is 0 Å². The van der Waals surface area contributed by atoms with Gasteiger partial charge in [-0.3, -0.25) is 4.79 Å². The van der Waals surface area contributed by atoms with E-state index in [-0.39, 0.29) is 18.6 Å². The third-order valence-corrected chi connectivity index (χ3v) is 4.08. The molecule has 0 radical (unpaired) electrons. The fraction of sp³-hybridized carbons (Fsp3) is 0.750. The molecule has 0 bridgehead atoms. The highest BCUT2D eigenvalue weighted by Gasteiger charge is 2.55. The quantitative estimate of drug-likeness (QED) is 0.596. The van der Waals surface area contributed by atoms with Crippen molar-refractivity contribution in [1.82, 2.24) is 0 Å². The SMILES string of the molecule is CO[C@@H]1C(=O)CC[C@](O)(C=O)[C@H]1C(C)(C)OCC=C(C)C. The molecule has 1 N–H and O–H groups in total. The van der Waals surface area contributed by atoms with Crippen LogP contribution in [0.3, 0.4) is 0 Å². The highest BCUT2D eigenvalue weighted by molar-refractivity contribution is 5.87. The molecule has 0 aromatic carbocycles. The van der Waals surface area contributed by atoms with Crippen LogP contribution in [0.1, 0.15) is 40.5 Å². The number of Topliss-reactive ketones (excluding diaryl/α,β-unsaturated/α-hetero) is 1. The van der Waals surface area contributed by atoms with E-state index in [0.29, 0.717) is 12.9 Å². The molecule has 1 fully saturated rings. The van der Waals surface area contributed by atoms with Crippen LogP contribution in [0.2, 0.25) is 0 Å². The third-order valence-electron chi connectivity index (χ3n) is 4.08. The van der Waals surface area contributed by atoms with Gasteiger partial charge in [-0.25, -0.2) is 0 Å². The number of carbonyl (C=O) groups excluding carboxylic acids is 2. The van der Waals surface area contributed by atoms with E-state index < -0.39 is 23.2 Å². The molecular formula is C16H26O5. The molecule has 5 heteroatoms. The molecule has 0 heterocycles. The Labute approximate surface area is 126 Å². The molecule has 3 atom stereocenters. The number of ketones is 1. The Bertz CT molecular complexity index is 422. The zero-order valence-corrected chi connectivity index (χ0v) is 13.5. The molecule has 1 rings (SSSR count). The number of methoxy groups -OCH3 is 1. The zero-order chi connectivity index (χ0) is 16.3. The molecule has 120 valence electrons. The topological polar surface area (TPSA) is 72.8 Å². The highest BCUT2D eigenvalue weighted by Crippen LogP contribution is 2.41. The summed E-state index contributed by atoms with van der Waals surface area (Å²) in [5, 5.41) is 10.6. The summed E-state index contributed by atoms with van der Waals surface area (Å²) in [6.45, 7) is 7.82. The maximum atomic E-state index is 12.0. The summed E-state index contributed by atoms with van der Waals surface area (Å²) in [5.41, 5.74) is -1.37. The molecule has 0 unspecified atom stereocenters. The smallest absolute Gasteiger partial charge is 0.162 e. The summed E-state index contributed by atoms with van der Waals surface area (Å²) in [4.78, 5) is 23.5. The van der Waals surface area contributed by atoms with Crippen molar-refractivity contribution in [3.05, 3.63) is 11.6 Å². The van der Waals surface area contributed by atoms with Crippen molar-refractivity contribution in [3.8, 4) is 0 Å². The molecular weight excluding hydrogens is 272 g/mol. The van der Waals surface area contributed by atoms with E-state index in [0.717, 1.165) is 5.57 Å². The number of aldehydes is 1. The summed E-state index contributed by atoms with van der Waals surface area (Å²) < 4.78 is 11.1. The zero-order valence-electron chi connectivity index (χ0n) is 13.5. The van der Waals surface area contributed by atoms with Crippen LogP contribution in [-0.2, 0) is 19.1 Å². The minimum atomic E-state index is -1.61. The van der Waals surface area contributed by atoms with E-state index in [4.69, 9.17) is 9.47 Å². The lowest BCUT2D eigenvalue weighted by molar-refractivity contribution is -0.194. The lowest BCUT2D eigenvalue weighted by Gasteiger charge is -2.47. The van der Waals surface area contributed by atoms with Crippen molar-refractivity contribution < 1.29 is 24.2 Å². The lowest BCUT2D eigenvalue weighted by Crippen LogP contribution is -2.62. The van der Waals surface area contributed by atoms with Crippen LogP contribution in [0.15, 0.2) is 11.6 Å². The van der Waals surface area contributed by atoms with Gasteiger partial charge in [0.05, 0.1) is 18.1 Å². The first kappa shape index (κ1) is 18.0. The second-order valence-electron chi connectivity index (χ2n) is 6.41. The Morgan fingerprint density at radius 3 is 2.57 bits per heavy atom. The van der Waals surface area contributed by atoms with Crippen LogP contribution in [0.5, 0.6) is 0 Å². The van der Waals surface area contributed by atoms with Crippen molar-refractivity contribution in [2.45, 2.75) is 57.8 Å². The molecule has 0 aromatic rings.